The van der Waals surface area contributed by atoms with Crippen LogP contribution in [0.1, 0.15) is 17.5 Å². The molecule has 0 radical (unpaired) electrons. The molecular formula is C14H16Cl2N2O2. The van der Waals surface area contributed by atoms with E-state index in [0.717, 1.165) is 18.5 Å². The van der Waals surface area contributed by atoms with Crippen LogP contribution in [0.2, 0.25) is 5.02 Å². The molecule has 2 heterocycles. The van der Waals surface area contributed by atoms with Gasteiger partial charge in [-0.3, -0.25) is 4.79 Å². The van der Waals surface area contributed by atoms with E-state index < -0.39 is 0 Å². The van der Waals surface area contributed by atoms with E-state index in [9.17, 15) is 4.79 Å². The SMILES string of the molecule is C[C@@H]1CNCCN1C(=O)c1cc2cc(Cl)ccc2o1.Cl. The maximum absolute atomic E-state index is 12.4. The summed E-state index contributed by atoms with van der Waals surface area (Å²) in [4.78, 5) is 14.3. The fourth-order valence-corrected chi connectivity index (χ4v) is 2.58. The number of benzene rings is 1. The zero-order chi connectivity index (χ0) is 13.4. The van der Waals surface area contributed by atoms with Crippen molar-refractivity contribution in [1.82, 2.24) is 10.2 Å². The molecule has 1 aliphatic rings. The fraction of sp³-hybridized carbons (Fsp3) is 0.357. The smallest absolute Gasteiger partial charge is 0.289 e. The number of furan rings is 1. The Balaban J connectivity index is 0.00000147. The van der Waals surface area contributed by atoms with E-state index in [1.165, 1.54) is 0 Å². The molecule has 108 valence electrons. The van der Waals surface area contributed by atoms with Crippen molar-refractivity contribution in [3.05, 3.63) is 35.0 Å². The fourth-order valence-electron chi connectivity index (χ4n) is 2.40. The first-order chi connectivity index (χ1) is 9.15. The highest BCUT2D eigenvalue weighted by Crippen LogP contribution is 2.24. The molecule has 0 unspecified atom stereocenters. The van der Waals surface area contributed by atoms with Gasteiger partial charge in [-0.15, -0.1) is 12.4 Å². The highest BCUT2D eigenvalue weighted by molar-refractivity contribution is 6.31. The summed E-state index contributed by atoms with van der Waals surface area (Å²) >= 11 is 5.93. The van der Waals surface area contributed by atoms with E-state index in [1.54, 1.807) is 24.3 Å². The minimum Gasteiger partial charge on any atom is -0.451 e. The van der Waals surface area contributed by atoms with Crippen molar-refractivity contribution in [2.24, 2.45) is 0 Å². The lowest BCUT2D eigenvalue weighted by atomic mass is 10.2. The van der Waals surface area contributed by atoms with Crippen LogP contribution in [0, 0.1) is 0 Å². The molecule has 1 atom stereocenters. The average Bonchev–Trinajstić information content (AvgIpc) is 2.81. The van der Waals surface area contributed by atoms with Gasteiger partial charge in [-0.05, 0) is 31.2 Å². The first-order valence-corrected chi connectivity index (χ1v) is 6.74. The summed E-state index contributed by atoms with van der Waals surface area (Å²) in [7, 11) is 0. The minimum atomic E-state index is -0.0543. The molecule has 3 rings (SSSR count). The van der Waals surface area contributed by atoms with Gasteiger partial charge in [-0.1, -0.05) is 11.6 Å². The summed E-state index contributed by atoms with van der Waals surface area (Å²) in [6, 6.07) is 7.29. The van der Waals surface area contributed by atoms with Crippen LogP contribution in [0.5, 0.6) is 0 Å². The second kappa shape index (κ2) is 6.04. The van der Waals surface area contributed by atoms with Gasteiger partial charge in [-0.25, -0.2) is 0 Å². The minimum absolute atomic E-state index is 0. The Hall–Kier alpha value is -1.23. The lowest BCUT2D eigenvalue weighted by Gasteiger charge is -2.33. The average molecular weight is 315 g/mol. The van der Waals surface area contributed by atoms with Crippen LogP contribution in [0.15, 0.2) is 28.7 Å². The number of nitrogens with zero attached hydrogens (tertiary/aromatic N) is 1. The van der Waals surface area contributed by atoms with E-state index in [2.05, 4.69) is 5.32 Å². The van der Waals surface area contributed by atoms with E-state index >= 15 is 0 Å². The van der Waals surface area contributed by atoms with Crippen molar-refractivity contribution in [1.29, 1.82) is 0 Å². The second-order valence-electron chi connectivity index (χ2n) is 4.84. The van der Waals surface area contributed by atoms with Crippen LogP contribution < -0.4 is 5.32 Å². The largest absolute Gasteiger partial charge is 0.451 e. The van der Waals surface area contributed by atoms with Crippen LogP contribution in [-0.4, -0.2) is 36.5 Å². The topological polar surface area (TPSA) is 45.5 Å². The van der Waals surface area contributed by atoms with E-state index in [0.29, 0.717) is 22.9 Å². The Morgan fingerprint density at radius 3 is 3.00 bits per heavy atom. The maximum Gasteiger partial charge on any atom is 0.289 e. The number of fused-ring (bicyclic) bond motifs is 1. The van der Waals surface area contributed by atoms with Crippen molar-refractivity contribution in [3.8, 4) is 0 Å². The first-order valence-electron chi connectivity index (χ1n) is 6.36. The number of hydrogen-bond acceptors (Lipinski definition) is 3. The summed E-state index contributed by atoms with van der Waals surface area (Å²) in [6.07, 6.45) is 0. The Kier molecular flexibility index (Phi) is 4.58. The van der Waals surface area contributed by atoms with Gasteiger partial charge in [0.15, 0.2) is 5.76 Å². The Bertz CT molecular complexity index is 627. The predicted molar refractivity (Wildman–Crippen MR) is 81.8 cm³/mol. The van der Waals surface area contributed by atoms with E-state index in [-0.39, 0.29) is 24.4 Å². The lowest BCUT2D eigenvalue weighted by Crippen LogP contribution is -2.52. The van der Waals surface area contributed by atoms with Gasteiger partial charge in [0.2, 0.25) is 0 Å². The molecule has 0 saturated carbocycles. The molecule has 1 N–H and O–H groups in total. The third-order valence-electron chi connectivity index (χ3n) is 3.45. The van der Waals surface area contributed by atoms with E-state index in [4.69, 9.17) is 16.0 Å². The second-order valence-corrected chi connectivity index (χ2v) is 5.28. The quantitative estimate of drug-likeness (QED) is 0.880. The highest BCUT2D eigenvalue weighted by atomic mass is 35.5. The lowest BCUT2D eigenvalue weighted by molar-refractivity contribution is 0.0625. The number of nitrogens with one attached hydrogen (secondary N) is 1. The number of carbonyl (C=O) groups excluding carboxylic acids is 1. The van der Waals surface area contributed by atoms with Crippen LogP contribution in [-0.2, 0) is 0 Å². The molecule has 1 fully saturated rings. The molecule has 1 aromatic heterocycles. The van der Waals surface area contributed by atoms with Gasteiger partial charge in [0.1, 0.15) is 5.58 Å². The maximum atomic E-state index is 12.4. The molecular weight excluding hydrogens is 299 g/mol. The molecule has 1 saturated heterocycles. The monoisotopic (exact) mass is 314 g/mol. The Labute approximate surface area is 128 Å². The summed E-state index contributed by atoms with van der Waals surface area (Å²) < 4.78 is 5.62. The normalized spacial score (nSPS) is 18.9. The Morgan fingerprint density at radius 1 is 1.45 bits per heavy atom. The molecule has 6 heteroatoms. The molecule has 2 aromatic rings. The number of carbonyl (C=O) groups is 1. The number of piperazine rings is 1. The van der Waals surface area contributed by atoms with Crippen molar-refractivity contribution < 1.29 is 9.21 Å². The van der Waals surface area contributed by atoms with Gasteiger partial charge in [0.05, 0.1) is 0 Å². The van der Waals surface area contributed by atoms with Gasteiger partial charge >= 0.3 is 0 Å². The van der Waals surface area contributed by atoms with Gasteiger partial charge < -0.3 is 14.6 Å². The molecule has 1 aliphatic heterocycles. The van der Waals surface area contributed by atoms with Crippen LogP contribution >= 0.6 is 24.0 Å². The zero-order valence-electron chi connectivity index (χ0n) is 11.1. The van der Waals surface area contributed by atoms with Gasteiger partial charge in [0, 0.05) is 36.1 Å². The standard InChI is InChI=1S/C14H15ClN2O2.ClH/c1-9-8-16-4-5-17(9)14(18)13-7-10-6-11(15)2-3-12(10)19-13;/h2-3,6-7,9,16H,4-5,8H2,1H3;1H/t9-;/m1./s1. The van der Waals surface area contributed by atoms with Crippen LogP contribution in [0.3, 0.4) is 0 Å². The molecule has 0 bridgehead atoms. The van der Waals surface area contributed by atoms with Crippen LogP contribution in [0.4, 0.5) is 0 Å². The van der Waals surface area contributed by atoms with Crippen molar-refractivity contribution in [2.75, 3.05) is 19.6 Å². The molecule has 1 amide bonds. The number of amides is 1. The Morgan fingerprint density at radius 2 is 2.25 bits per heavy atom. The number of hydrogen-bond donors (Lipinski definition) is 1. The van der Waals surface area contributed by atoms with Gasteiger partial charge in [-0.2, -0.15) is 0 Å². The summed E-state index contributed by atoms with van der Waals surface area (Å²) in [5.41, 5.74) is 0.690. The first kappa shape index (κ1) is 15.2. The third kappa shape index (κ3) is 2.77. The van der Waals surface area contributed by atoms with E-state index in [1.807, 2.05) is 11.8 Å². The summed E-state index contributed by atoms with van der Waals surface area (Å²) in [5.74, 6) is 0.326. The summed E-state index contributed by atoms with van der Waals surface area (Å²) in [6.45, 7) is 4.38. The van der Waals surface area contributed by atoms with Crippen LogP contribution in [0.25, 0.3) is 11.0 Å². The molecule has 20 heavy (non-hydrogen) atoms. The summed E-state index contributed by atoms with van der Waals surface area (Å²) in [5, 5.41) is 4.76. The molecule has 1 aromatic carbocycles. The van der Waals surface area contributed by atoms with Crippen molar-refractivity contribution >= 4 is 40.9 Å². The highest BCUT2D eigenvalue weighted by Gasteiger charge is 2.26. The van der Waals surface area contributed by atoms with Crippen molar-refractivity contribution in [2.45, 2.75) is 13.0 Å². The predicted octanol–water partition coefficient (Wildman–Crippen LogP) is 2.94. The molecule has 0 aliphatic carbocycles. The van der Waals surface area contributed by atoms with Crippen molar-refractivity contribution in [3.63, 3.8) is 0 Å². The number of halogens is 2. The molecule has 0 spiro atoms. The zero-order valence-corrected chi connectivity index (χ0v) is 12.6. The molecule has 4 nitrogen and oxygen atoms in total. The number of rotatable bonds is 1. The van der Waals surface area contributed by atoms with Gasteiger partial charge in [0.25, 0.3) is 5.91 Å². The third-order valence-corrected chi connectivity index (χ3v) is 3.69.